The monoisotopic (exact) mass is 351 g/mol. The Labute approximate surface area is 149 Å². The molecule has 26 heavy (non-hydrogen) atoms. The van der Waals surface area contributed by atoms with Crippen LogP contribution < -0.4 is 4.90 Å². The molecule has 0 saturated heterocycles. The molecule has 0 bridgehead atoms. The van der Waals surface area contributed by atoms with Gasteiger partial charge in [-0.25, -0.2) is 14.6 Å². The third-order valence-electron chi connectivity index (χ3n) is 4.15. The summed E-state index contributed by atoms with van der Waals surface area (Å²) in [4.78, 5) is 22.1. The lowest BCUT2D eigenvalue weighted by Gasteiger charge is -2.17. The van der Waals surface area contributed by atoms with Crippen LogP contribution in [0.1, 0.15) is 5.76 Å². The Bertz CT molecular complexity index is 1050. The van der Waals surface area contributed by atoms with Crippen LogP contribution in [0, 0.1) is 0 Å². The van der Waals surface area contributed by atoms with E-state index < -0.39 is 0 Å². The molecule has 0 radical (unpaired) electrons. The Hall–Kier alpha value is -3.42. The molecule has 0 saturated carbocycles. The standard InChI is InChI=1S/C18H17N5O3/c1-22(9-13-7-12-5-3-4-6-15(12)26-13)17-14-8-21-23(10-16(24)25-2)18(14)20-11-19-17/h3-8,11H,9-10H2,1-2H3. The SMILES string of the molecule is COC(=O)Cn1ncc2c(N(C)Cc3cc4ccccc4o3)ncnc21. The molecule has 3 heterocycles. The minimum atomic E-state index is -0.384. The summed E-state index contributed by atoms with van der Waals surface area (Å²) in [5, 5.41) is 6.06. The summed E-state index contributed by atoms with van der Waals surface area (Å²) >= 11 is 0. The molecule has 0 unspecified atom stereocenters. The van der Waals surface area contributed by atoms with E-state index in [1.165, 1.54) is 18.1 Å². The Morgan fingerprint density at radius 2 is 2.15 bits per heavy atom. The molecule has 3 aromatic heterocycles. The predicted molar refractivity (Wildman–Crippen MR) is 95.7 cm³/mol. The number of anilines is 1. The van der Waals surface area contributed by atoms with E-state index in [2.05, 4.69) is 15.1 Å². The van der Waals surface area contributed by atoms with Crippen molar-refractivity contribution >= 4 is 33.8 Å². The number of ether oxygens (including phenoxy) is 1. The second kappa shape index (κ2) is 6.47. The summed E-state index contributed by atoms with van der Waals surface area (Å²) in [6.07, 6.45) is 3.12. The van der Waals surface area contributed by atoms with Crippen LogP contribution in [0.5, 0.6) is 0 Å². The van der Waals surface area contributed by atoms with E-state index in [0.717, 1.165) is 22.1 Å². The van der Waals surface area contributed by atoms with Gasteiger partial charge in [0.15, 0.2) is 5.65 Å². The normalized spacial score (nSPS) is 11.2. The molecule has 4 rings (SSSR count). The predicted octanol–water partition coefficient (Wildman–Crippen LogP) is 2.38. The van der Waals surface area contributed by atoms with Crippen LogP contribution >= 0.6 is 0 Å². The number of rotatable bonds is 5. The van der Waals surface area contributed by atoms with Crippen LogP contribution in [-0.4, -0.2) is 39.9 Å². The third kappa shape index (κ3) is 2.85. The Kier molecular flexibility index (Phi) is 4.00. The van der Waals surface area contributed by atoms with E-state index >= 15 is 0 Å². The fraction of sp³-hybridized carbons (Fsp3) is 0.222. The number of furan rings is 1. The number of hydrogen-bond acceptors (Lipinski definition) is 7. The number of para-hydroxylation sites is 1. The highest BCUT2D eigenvalue weighted by Gasteiger charge is 2.16. The maximum Gasteiger partial charge on any atom is 0.327 e. The number of carbonyl (C=O) groups excluding carboxylic acids is 1. The van der Waals surface area contributed by atoms with Gasteiger partial charge >= 0.3 is 5.97 Å². The highest BCUT2D eigenvalue weighted by atomic mass is 16.5. The van der Waals surface area contributed by atoms with E-state index in [4.69, 9.17) is 9.15 Å². The number of methoxy groups -OCH3 is 1. The first kappa shape index (κ1) is 16.1. The van der Waals surface area contributed by atoms with Gasteiger partial charge in [-0.2, -0.15) is 5.10 Å². The topological polar surface area (TPSA) is 86.3 Å². The summed E-state index contributed by atoms with van der Waals surface area (Å²) < 4.78 is 12.1. The van der Waals surface area contributed by atoms with Crippen molar-refractivity contribution in [3.63, 3.8) is 0 Å². The van der Waals surface area contributed by atoms with Gasteiger partial charge in [-0.1, -0.05) is 18.2 Å². The smallest absolute Gasteiger partial charge is 0.327 e. The first-order valence-corrected chi connectivity index (χ1v) is 8.07. The van der Waals surface area contributed by atoms with Crippen LogP contribution in [0.15, 0.2) is 47.3 Å². The molecule has 132 valence electrons. The molecule has 0 spiro atoms. The van der Waals surface area contributed by atoms with Crippen molar-refractivity contribution in [1.29, 1.82) is 0 Å². The molecule has 0 N–H and O–H groups in total. The van der Waals surface area contributed by atoms with E-state index in [1.54, 1.807) is 6.20 Å². The minimum absolute atomic E-state index is 0.00371. The van der Waals surface area contributed by atoms with Gasteiger partial charge in [-0.05, 0) is 12.1 Å². The van der Waals surface area contributed by atoms with Crippen molar-refractivity contribution in [2.45, 2.75) is 13.1 Å². The zero-order valence-electron chi connectivity index (χ0n) is 14.4. The Morgan fingerprint density at radius 1 is 1.31 bits per heavy atom. The summed E-state index contributed by atoms with van der Waals surface area (Å²) in [5.74, 6) is 1.17. The maximum absolute atomic E-state index is 11.5. The van der Waals surface area contributed by atoms with Gasteiger partial charge in [0.25, 0.3) is 0 Å². The quantitative estimate of drug-likeness (QED) is 0.510. The van der Waals surface area contributed by atoms with E-state index in [9.17, 15) is 4.79 Å². The number of carbonyl (C=O) groups is 1. The van der Waals surface area contributed by atoms with Gasteiger partial charge in [-0.3, -0.25) is 4.79 Å². The van der Waals surface area contributed by atoms with Crippen LogP contribution in [0.4, 0.5) is 5.82 Å². The summed E-state index contributed by atoms with van der Waals surface area (Å²) in [7, 11) is 3.27. The second-order valence-corrected chi connectivity index (χ2v) is 5.92. The first-order valence-electron chi connectivity index (χ1n) is 8.07. The van der Waals surface area contributed by atoms with Crippen molar-refractivity contribution in [1.82, 2.24) is 19.7 Å². The fourth-order valence-electron chi connectivity index (χ4n) is 2.91. The van der Waals surface area contributed by atoms with E-state index in [-0.39, 0.29) is 12.5 Å². The number of esters is 1. The van der Waals surface area contributed by atoms with E-state index in [0.29, 0.717) is 18.0 Å². The molecule has 0 aliphatic rings. The minimum Gasteiger partial charge on any atom is -0.468 e. The molecule has 0 atom stereocenters. The number of fused-ring (bicyclic) bond motifs is 2. The van der Waals surface area contributed by atoms with Gasteiger partial charge in [0, 0.05) is 12.4 Å². The van der Waals surface area contributed by atoms with Crippen LogP contribution in [0.3, 0.4) is 0 Å². The van der Waals surface area contributed by atoms with Gasteiger partial charge in [0.2, 0.25) is 0 Å². The van der Waals surface area contributed by atoms with Crippen LogP contribution in [-0.2, 0) is 22.6 Å². The number of hydrogen-bond donors (Lipinski definition) is 0. The molecular weight excluding hydrogens is 334 g/mol. The Balaban J connectivity index is 1.64. The molecular formula is C18H17N5O3. The highest BCUT2D eigenvalue weighted by molar-refractivity contribution is 5.87. The van der Waals surface area contributed by atoms with Gasteiger partial charge in [0.05, 0.1) is 25.2 Å². The van der Waals surface area contributed by atoms with Crippen molar-refractivity contribution in [2.24, 2.45) is 0 Å². The number of benzene rings is 1. The van der Waals surface area contributed by atoms with Gasteiger partial charge in [0.1, 0.15) is 30.0 Å². The zero-order valence-corrected chi connectivity index (χ0v) is 14.4. The molecule has 8 heteroatoms. The second-order valence-electron chi connectivity index (χ2n) is 5.92. The highest BCUT2D eigenvalue weighted by Crippen LogP contribution is 2.25. The zero-order chi connectivity index (χ0) is 18.1. The summed E-state index contributed by atoms with van der Waals surface area (Å²) in [6, 6.07) is 9.91. The average molecular weight is 351 g/mol. The molecule has 4 aromatic rings. The number of aromatic nitrogens is 4. The van der Waals surface area contributed by atoms with Crippen LogP contribution in [0.2, 0.25) is 0 Å². The molecule has 0 aliphatic carbocycles. The lowest BCUT2D eigenvalue weighted by molar-refractivity contribution is -0.141. The van der Waals surface area contributed by atoms with Crippen molar-refractivity contribution < 1.29 is 13.9 Å². The fourth-order valence-corrected chi connectivity index (χ4v) is 2.91. The molecule has 1 aromatic carbocycles. The summed E-state index contributed by atoms with van der Waals surface area (Å²) in [5.41, 5.74) is 1.44. The largest absolute Gasteiger partial charge is 0.468 e. The van der Waals surface area contributed by atoms with Crippen molar-refractivity contribution in [3.05, 3.63) is 48.6 Å². The average Bonchev–Trinajstić information content (AvgIpc) is 3.24. The van der Waals surface area contributed by atoms with Gasteiger partial charge < -0.3 is 14.1 Å². The van der Waals surface area contributed by atoms with Crippen molar-refractivity contribution in [3.8, 4) is 0 Å². The van der Waals surface area contributed by atoms with Crippen LogP contribution in [0.25, 0.3) is 22.0 Å². The third-order valence-corrected chi connectivity index (χ3v) is 4.15. The van der Waals surface area contributed by atoms with Gasteiger partial charge in [-0.15, -0.1) is 0 Å². The summed E-state index contributed by atoms with van der Waals surface area (Å²) in [6.45, 7) is 0.548. The van der Waals surface area contributed by atoms with E-state index in [1.807, 2.05) is 42.3 Å². The molecule has 0 amide bonds. The maximum atomic E-state index is 11.5. The lowest BCUT2D eigenvalue weighted by atomic mass is 10.2. The number of nitrogens with zero attached hydrogens (tertiary/aromatic N) is 5. The first-order chi connectivity index (χ1) is 12.7. The van der Waals surface area contributed by atoms with Crippen molar-refractivity contribution in [2.75, 3.05) is 19.1 Å². The molecule has 0 fully saturated rings. The molecule has 0 aliphatic heterocycles. The molecule has 8 nitrogen and oxygen atoms in total. The Morgan fingerprint density at radius 3 is 2.96 bits per heavy atom. The lowest BCUT2D eigenvalue weighted by Crippen LogP contribution is -2.18.